The van der Waals surface area contributed by atoms with Gasteiger partial charge in [-0.1, -0.05) is 0 Å². The van der Waals surface area contributed by atoms with E-state index < -0.39 is 0 Å². The zero-order valence-corrected chi connectivity index (χ0v) is 17.2. The van der Waals surface area contributed by atoms with Gasteiger partial charge in [-0.15, -0.1) is 0 Å². The summed E-state index contributed by atoms with van der Waals surface area (Å²) in [5.41, 5.74) is 2.15. The van der Waals surface area contributed by atoms with Gasteiger partial charge in [-0.2, -0.15) is 0 Å². The molecule has 2 aromatic rings. The van der Waals surface area contributed by atoms with E-state index in [-0.39, 0.29) is 35.9 Å². The summed E-state index contributed by atoms with van der Waals surface area (Å²) in [4.78, 5) is 27.4. The standard InChI is InChI=1S/C23H26FN3O3/c1-14-11-20(30-2)9-10-21(14)26-23(29)27-18-7-8-19(27)13-17(12-18)25-22(28)15-3-5-16(24)6-4-15/h3-6,9-11,17-19H,7-8,12-13H2,1-2H3,(H,25,28)(H,26,29). The highest BCUT2D eigenvalue weighted by molar-refractivity contribution is 5.94. The van der Waals surface area contributed by atoms with Crippen molar-refractivity contribution in [1.29, 1.82) is 0 Å². The average Bonchev–Trinajstić information content (AvgIpc) is 3.00. The van der Waals surface area contributed by atoms with E-state index in [4.69, 9.17) is 4.74 Å². The van der Waals surface area contributed by atoms with Crippen molar-refractivity contribution in [1.82, 2.24) is 10.2 Å². The van der Waals surface area contributed by atoms with Gasteiger partial charge in [0.25, 0.3) is 5.91 Å². The molecular formula is C23H26FN3O3. The lowest BCUT2D eigenvalue weighted by Gasteiger charge is -2.39. The fraction of sp³-hybridized carbons (Fsp3) is 0.391. The predicted octanol–water partition coefficient (Wildman–Crippen LogP) is 4.10. The zero-order chi connectivity index (χ0) is 21.3. The second-order valence-corrected chi connectivity index (χ2v) is 8.05. The number of fused-ring (bicyclic) bond motifs is 2. The van der Waals surface area contributed by atoms with Crippen LogP contribution in [-0.2, 0) is 0 Å². The minimum atomic E-state index is -0.365. The van der Waals surface area contributed by atoms with Gasteiger partial charge in [0, 0.05) is 29.4 Å². The van der Waals surface area contributed by atoms with Crippen LogP contribution >= 0.6 is 0 Å². The van der Waals surface area contributed by atoms with Crippen LogP contribution in [0.5, 0.6) is 5.75 Å². The van der Waals surface area contributed by atoms with E-state index >= 15 is 0 Å². The second kappa shape index (κ2) is 8.34. The summed E-state index contributed by atoms with van der Waals surface area (Å²) < 4.78 is 18.3. The molecule has 0 saturated carbocycles. The minimum Gasteiger partial charge on any atom is -0.497 e. The van der Waals surface area contributed by atoms with E-state index in [9.17, 15) is 14.0 Å². The second-order valence-electron chi connectivity index (χ2n) is 8.05. The predicted molar refractivity (Wildman–Crippen MR) is 112 cm³/mol. The van der Waals surface area contributed by atoms with Crippen LogP contribution < -0.4 is 15.4 Å². The number of anilines is 1. The van der Waals surface area contributed by atoms with Crippen molar-refractivity contribution in [3.05, 3.63) is 59.4 Å². The third-order valence-electron chi connectivity index (χ3n) is 6.08. The number of ether oxygens (including phenoxy) is 1. The van der Waals surface area contributed by atoms with E-state index in [0.717, 1.165) is 42.7 Å². The molecule has 7 heteroatoms. The first kappa shape index (κ1) is 20.2. The highest BCUT2D eigenvalue weighted by Gasteiger charge is 2.43. The molecule has 2 aromatic carbocycles. The Morgan fingerprint density at radius 1 is 1.07 bits per heavy atom. The van der Waals surface area contributed by atoms with Gasteiger partial charge in [-0.3, -0.25) is 4.79 Å². The number of methoxy groups -OCH3 is 1. The summed E-state index contributed by atoms with van der Waals surface area (Å²) >= 11 is 0. The lowest BCUT2D eigenvalue weighted by atomic mass is 9.97. The van der Waals surface area contributed by atoms with Crippen LogP contribution in [0.4, 0.5) is 14.9 Å². The van der Waals surface area contributed by atoms with Gasteiger partial charge >= 0.3 is 6.03 Å². The summed E-state index contributed by atoms with van der Waals surface area (Å²) in [5, 5.41) is 6.08. The zero-order valence-electron chi connectivity index (χ0n) is 17.2. The molecule has 2 heterocycles. The molecule has 2 N–H and O–H groups in total. The van der Waals surface area contributed by atoms with Gasteiger partial charge in [0.1, 0.15) is 11.6 Å². The maximum Gasteiger partial charge on any atom is 0.322 e. The Hall–Kier alpha value is -3.09. The number of carbonyl (C=O) groups excluding carboxylic acids is 2. The largest absolute Gasteiger partial charge is 0.497 e. The first-order valence-electron chi connectivity index (χ1n) is 10.2. The Morgan fingerprint density at radius 2 is 1.73 bits per heavy atom. The number of aryl methyl sites for hydroxylation is 1. The highest BCUT2D eigenvalue weighted by atomic mass is 19.1. The molecule has 2 fully saturated rings. The van der Waals surface area contributed by atoms with Crippen molar-refractivity contribution in [2.45, 2.75) is 50.7 Å². The number of hydrogen-bond donors (Lipinski definition) is 2. The van der Waals surface area contributed by atoms with Crippen molar-refractivity contribution in [3.63, 3.8) is 0 Å². The van der Waals surface area contributed by atoms with Crippen LogP contribution in [0.2, 0.25) is 0 Å². The molecule has 4 rings (SSSR count). The molecule has 3 amide bonds. The van der Waals surface area contributed by atoms with E-state index in [1.54, 1.807) is 7.11 Å². The topological polar surface area (TPSA) is 70.7 Å². The van der Waals surface area contributed by atoms with E-state index in [1.165, 1.54) is 24.3 Å². The Kier molecular flexibility index (Phi) is 5.61. The smallest absolute Gasteiger partial charge is 0.322 e. The molecule has 30 heavy (non-hydrogen) atoms. The van der Waals surface area contributed by atoms with Gasteiger partial charge in [-0.25, -0.2) is 9.18 Å². The Labute approximate surface area is 175 Å². The van der Waals surface area contributed by atoms with Crippen LogP contribution in [0.15, 0.2) is 42.5 Å². The van der Waals surface area contributed by atoms with Crippen molar-refractivity contribution >= 4 is 17.6 Å². The monoisotopic (exact) mass is 411 g/mol. The fourth-order valence-corrected chi connectivity index (χ4v) is 4.58. The Bertz CT molecular complexity index is 933. The van der Waals surface area contributed by atoms with Crippen LogP contribution in [0.25, 0.3) is 0 Å². The van der Waals surface area contributed by atoms with Crippen molar-refractivity contribution in [2.24, 2.45) is 0 Å². The number of nitrogens with one attached hydrogen (secondary N) is 2. The summed E-state index contributed by atoms with van der Waals surface area (Å²) in [6, 6.07) is 11.2. The number of carbonyl (C=O) groups is 2. The van der Waals surface area contributed by atoms with Gasteiger partial charge in [0.05, 0.1) is 7.11 Å². The Balaban J connectivity index is 1.38. The summed E-state index contributed by atoms with van der Waals surface area (Å²) in [6.07, 6.45) is 3.31. The van der Waals surface area contributed by atoms with Crippen LogP contribution in [0, 0.1) is 12.7 Å². The van der Waals surface area contributed by atoms with E-state index in [2.05, 4.69) is 10.6 Å². The molecule has 0 aliphatic carbocycles. The Morgan fingerprint density at radius 3 is 2.33 bits per heavy atom. The van der Waals surface area contributed by atoms with Gasteiger partial charge in [-0.05, 0) is 80.6 Å². The fourth-order valence-electron chi connectivity index (χ4n) is 4.58. The lowest BCUT2D eigenvalue weighted by molar-refractivity contribution is 0.0891. The van der Waals surface area contributed by atoms with Crippen molar-refractivity contribution < 1.29 is 18.7 Å². The third kappa shape index (κ3) is 4.10. The molecule has 2 aliphatic rings. The minimum absolute atomic E-state index is 0.00632. The highest BCUT2D eigenvalue weighted by Crippen LogP contribution is 2.36. The molecule has 6 nitrogen and oxygen atoms in total. The molecule has 2 atom stereocenters. The number of hydrogen-bond acceptors (Lipinski definition) is 3. The number of rotatable bonds is 4. The van der Waals surface area contributed by atoms with Crippen LogP contribution in [0.3, 0.4) is 0 Å². The molecule has 0 spiro atoms. The first-order chi connectivity index (χ1) is 14.4. The molecule has 2 unspecified atom stereocenters. The molecule has 2 saturated heterocycles. The number of amides is 3. The van der Waals surface area contributed by atoms with Crippen molar-refractivity contribution in [2.75, 3.05) is 12.4 Å². The first-order valence-corrected chi connectivity index (χ1v) is 10.2. The normalized spacial score (nSPS) is 22.5. The maximum atomic E-state index is 13.1. The molecular weight excluding hydrogens is 385 g/mol. The van der Waals surface area contributed by atoms with Crippen LogP contribution in [0.1, 0.15) is 41.6 Å². The molecule has 0 aromatic heterocycles. The summed E-state index contributed by atoms with van der Waals surface area (Å²) in [5.74, 6) is 0.186. The number of halogens is 1. The molecule has 2 bridgehead atoms. The van der Waals surface area contributed by atoms with Crippen LogP contribution in [-0.4, -0.2) is 42.1 Å². The van der Waals surface area contributed by atoms with Crippen molar-refractivity contribution in [3.8, 4) is 5.75 Å². The van der Waals surface area contributed by atoms with Gasteiger partial charge in [0.15, 0.2) is 0 Å². The van der Waals surface area contributed by atoms with Gasteiger partial charge < -0.3 is 20.3 Å². The SMILES string of the molecule is COc1ccc(NC(=O)N2C3CCC2CC(NC(=O)c2ccc(F)cc2)C3)c(C)c1. The molecule has 158 valence electrons. The summed E-state index contributed by atoms with van der Waals surface area (Å²) in [7, 11) is 1.61. The van der Waals surface area contributed by atoms with Gasteiger partial charge in [0.2, 0.25) is 0 Å². The molecule has 0 radical (unpaired) electrons. The summed E-state index contributed by atoms with van der Waals surface area (Å²) in [6.45, 7) is 1.93. The van der Waals surface area contributed by atoms with E-state index in [1.807, 2.05) is 30.0 Å². The quantitative estimate of drug-likeness (QED) is 0.796. The maximum absolute atomic E-state index is 13.1. The van der Waals surface area contributed by atoms with E-state index in [0.29, 0.717) is 5.56 Å². The lowest BCUT2D eigenvalue weighted by Crippen LogP contribution is -2.53. The molecule has 2 aliphatic heterocycles. The number of urea groups is 1. The number of benzene rings is 2. The average molecular weight is 411 g/mol. The third-order valence-corrected chi connectivity index (χ3v) is 6.08. The number of piperidine rings is 1. The number of nitrogens with zero attached hydrogens (tertiary/aromatic N) is 1.